The fourth-order valence-corrected chi connectivity index (χ4v) is 2.45. The highest BCUT2D eigenvalue weighted by molar-refractivity contribution is 5.30. The van der Waals surface area contributed by atoms with Crippen LogP contribution in [0.2, 0.25) is 0 Å². The van der Waals surface area contributed by atoms with Gasteiger partial charge in [0.25, 0.3) is 0 Å². The maximum Gasteiger partial charge on any atom is 0.225 e. The van der Waals surface area contributed by atoms with Crippen molar-refractivity contribution in [2.45, 2.75) is 45.6 Å². The zero-order chi connectivity index (χ0) is 13.0. The molecule has 1 saturated heterocycles. The third-order valence-corrected chi connectivity index (χ3v) is 3.55. The van der Waals surface area contributed by atoms with Crippen molar-refractivity contribution in [1.82, 2.24) is 9.97 Å². The zero-order valence-electron chi connectivity index (χ0n) is 11.5. The first-order valence-corrected chi connectivity index (χ1v) is 6.96. The molecule has 0 saturated carbocycles. The summed E-state index contributed by atoms with van der Waals surface area (Å²) in [7, 11) is 0. The van der Waals surface area contributed by atoms with Gasteiger partial charge in [0.1, 0.15) is 0 Å². The summed E-state index contributed by atoms with van der Waals surface area (Å²) in [5.41, 5.74) is 6.90. The van der Waals surface area contributed by atoms with E-state index in [0.717, 1.165) is 36.9 Å². The lowest BCUT2D eigenvalue weighted by Gasteiger charge is -2.20. The van der Waals surface area contributed by atoms with Crippen molar-refractivity contribution in [3.05, 3.63) is 18.0 Å². The number of rotatable bonds is 3. The molecule has 0 amide bonds. The Morgan fingerprint density at radius 3 is 2.72 bits per heavy atom. The van der Waals surface area contributed by atoms with Gasteiger partial charge in [-0.2, -0.15) is 0 Å². The predicted molar refractivity (Wildman–Crippen MR) is 74.6 cm³/mol. The van der Waals surface area contributed by atoms with Gasteiger partial charge in [-0.3, -0.25) is 0 Å². The van der Waals surface area contributed by atoms with Crippen molar-refractivity contribution in [2.24, 2.45) is 11.7 Å². The van der Waals surface area contributed by atoms with Crippen LogP contribution < -0.4 is 10.6 Å². The molecule has 2 atom stereocenters. The molecule has 4 heteroatoms. The van der Waals surface area contributed by atoms with E-state index in [1.165, 1.54) is 19.3 Å². The maximum absolute atomic E-state index is 5.78. The van der Waals surface area contributed by atoms with E-state index in [2.05, 4.69) is 21.8 Å². The average molecular weight is 248 g/mol. The van der Waals surface area contributed by atoms with E-state index in [0.29, 0.717) is 0 Å². The summed E-state index contributed by atoms with van der Waals surface area (Å²) in [6.45, 7) is 6.49. The van der Waals surface area contributed by atoms with Gasteiger partial charge in [0.2, 0.25) is 5.95 Å². The largest absolute Gasteiger partial charge is 0.341 e. The molecule has 0 bridgehead atoms. The third-order valence-electron chi connectivity index (χ3n) is 3.55. The molecule has 1 aromatic rings. The first-order valence-electron chi connectivity index (χ1n) is 6.96. The lowest BCUT2D eigenvalue weighted by Crippen LogP contribution is -2.26. The first kappa shape index (κ1) is 13.3. The second-order valence-corrected chi connectivity index (χ2v) is 5.60. The fourth-order valence-electron chi connectivity index (χ4n) is 2.45. The van der Waals surface area contributed by atoms with Crippen LogP contribution in [0.25, 0.3) is 0 Å². The molecule has 4 nitrogen and oxygen atoms in total. The molecule has 100 valence electrons. The molecule has 18 heavy (non-hydrogen) atoms. The summed E-state index contributed by atoms with van der Waals surface area (Å²) in [4.78, 5) is 11.3. The van der Waals surface area contributed by atoms with Gasteiger partial charge in [-0.1, -0.05) is 6.92 Å². The topological polar surface area (TPSA) is 55.0 Å². The van der Waals surface area contributed by atoms with E-state index in [1.807, 2.05) is 19.3 Å². The van der Waals surface area contributed by atoms with Gasteiger partial charge >= 0.3 is 0 Å². The van der Waals surface area contributed by atoms with E-state index in [1.54, 1.807) is 0 Å². The lowest BCUT2D eigenvalue weighted by molar-refractivity contribution is 0.521. The minimum atomic E-state index is 0.165. The predicted octanol–water partition coefficient (Wildman–Crippen LogP) is 1.99. The quantitative estimate of drug-likeness (QED) is 0.889. The van der Waals surface area contributed by atoms with Crippen LogP contribution in [-0.4, -0.2) is 29.1 Å². The van der Waals surface area contributed by atoms with Crippen LogP contribution in [0.15, 0.2) is 12.4 Å². The average Bonchev–Trinajstić information content (AvgIpc) is 2.54. The molecule has 2 N–H and O–H groups in total. The number of nitrogens with two attached hydrogens (primary N) is 1. The summed E-state index contributed by atoms with van der Waals surface area (Å²) in [5.74, 6) is 1.70. The zero-order valence-corrected chi connectivity index (χ0v) is 11.5. The Balaban J connectivity index is 2.00. The maximum atomic E-state index is 5.78. The van der Waals surface area contributed by atoms with Gasteiger partial charge in [0.05, 0.1) is 0 Å². The minimum absolute atomic E-state index is 0.165. The Morgan fingerprint density at radius 1 is 1.33 bits per heavy atom. The summed E-state index contributed by atoms with van der Waals surface area (Å²) in [6, 6.07) is 0.165. The summed E-state index contributed by atoms with van der Waals surface area (Å²) >= 11 is 0. The first-order chi connectivity index (χ1) is 8.65. The third kappa shape index (κ3) is 3.67. The van der Waals surface area contributed by atoms with Gasteiger partial charge in [0, 0.05) is 31.5 Å². The Labute approximate surface area is 110 Å². The van der Waals surface area contributed by atoms with Gasteiger partial charge < -0.3 is 10.6 Å². The van der Waals surface area contributed by atoms with Crippen molar-refractivity contribution in [3.63, 3.8) is 0 Å². The molecule has 1 aromatic heterocycles. The van der Waals surface area contributed by atoms with E-state index in [-0.39, 0.29) is 6.04 Å². The lowest BCUT2D eigenvalue weighted by atomic mass is 10.0. The normalized spacial score (nSPS) is 22.6. The molecular formula is C14H24N4. The number of anilines is 1. The number of aromatic nitrogens is 2. The smallest absolute Gasteiger partial charge is 0.225 e. The van der Waals surface area contributed by atoms with Gasteiger partial charge in [-0.25, -0.2) is 9.97 Å². The monoisotopic (exact) mass is 248 g/mol. The van der Waals surface area contributed by atoms with Gasteiger partial charge in [-0.15, -0.1) is 0 Å². The molecule has 1 aliphatic rings. The molecule has 1 fully saturated rings. The molecule has 1 aliphatic heterocycles. The van der Waals surface area contributed by atoms with E-state index in [4.69, 9.17) is 5.73 Å². The van der Waals surface area contributed by atoms with Crippen molar-refractivity contribution >= 4 is 5.95 Å². The second kappa shape index (κ2) is 6.14. The molecule has 2 unspecified atom stereocenters. The van der Waals surface area contributed by atoms with Crippen LogP contribution in [0, 0.1) is 5.92 Å². The highest BCUT2D eigenvalue weighted by Crippen LogP contribution is 2.19. The number of nitrogens with zero attached hydrogens (tertiary/aromatic N) is 3. The fraction of sp³-hybridized carbons (Fsp3) is 0.714. The number of hydrogen-bond donors (Lipinski definition) is 1. The van der Waals surface area contributed by atoms with Gasteiger partial charge in [0.15, 0.2) is 0 Å². The van der Waals surface area contributed by atoms with Crippen LogP contribution in [-0.2, 0) is 6.42 Å². The molecule has 0 aliphatic carbocycles. The van der Waals surface area contributed by atoms with Crippen molar-refractivity contribution in [3.8, 4) is 0 Å². The Bertz CT molecular complexity index is 361. The SMILES string of the molecule is CC(N)Cc1cnc(N2CCCC(C)CC2)nc1. The van der Waals surface area contributed by atoms with E-state index < -0.39 is 0 Å². The van der Waals surface area contributed by atoms with Crippen molar-refractivity contribution in [1.29, 1.82) is 0 Å². The van der Waals surface area contributed by atoms with Crippen LogP contribution >= 0.6 is 0 Å². The Kier molecular flexibility index (Phi) is 4.53. The van der Waals surface area contributed by atoms with Crippen LogP contribution in [0.5, 0.6) is 0 Å². The van der Waals surface area contributed by atoms with E-state index in [9.17, 15) is 0 Å². The van der Waals surface area contributed by atoms with Crippen LogP contribution in [0.4, 0.5) is 5.95 Å². The molecule has 0 aromatic carbocycles. The van der Waals surface area contributed by atoms with Crippen LogP contribution in [0.1, 0.15) is 38.7 Å². The molecule has 2 rings (SSSR count). The van der Waals surface area contributed by atoms with Crippen LogP contribution in [0.3, 0.4) is 0 Å². The Hall–Kier alpha value is -1.16. The molecule has 2 heterocycles. The number of hydrogen-bond acceptors (Lipinski definition) is 4. The highest BCUT2D eigenvalue weighted by Gasteiger charge is 2.15. The second-order valence-electron chi connectivity index (χ2n) is 5.60. The standard InChI is InChI=1S/C14H24N4/c1-11-4-3-6-18(7-5-11)14-16-9-13(10-17-14)8-12(2)15/h9-12H,3-8,15H2,1-2H3. The molecular weight excluding hydrogens is 224 g/mol. The molecule has 0 radical (unpaired) electrons. The van der Waals surface area contributed by atoms with Gasteiger partial charge in [-0.05, 0) is 44.1 Å². The van der Waals surface area contributed by atoms with E-state index >= 15 is 0 Å². The Morgan fingerprint density at radius 2 is 2.06 bits per heavy atom. The summed E-state index contributed by atoms with van der Waals surface area (Å²) in [5, 5.41) is 0. The summed E-state index contributed by atoms with van der Waals surface area (Å²) in [6.07, 6.45) is 8.48. The summed E-state index contributed by atoms with van der Waals surface area (Å²) < 4.78 is 0. The highest BCUT2D eigenvalue weighted by atomic mass is 15.2. The minimum Gasteiger partial charge on any atom is -0.341 e. The van der Waals surface area contributed by atoms with Crippen molar-refractivity contribution < 1.29 is 0 Å². The molecule has 0 spiro atoms. The van der Waals surface area contributed by atoms with Crippen molar-refractivity contribution in [2.75, 3.05) is 18.0 Å².